The van der Waals surface area contributed by atoms with Gasteiger partial charge in [-0.25, -0.2) is 0 Å². The average Bonchev–Trinajstić information content (AvgIpc) is 2.70. The van der Waals surface area contributed by atoms with E-state index in [9.17, 15) is 38.2 Å². The normalized spacial score (nSPS) is 18.2. The zero-order valence-electron chi connectivity index (χ0n) is 12.6. The number of amides is 1. The number of carbonyl (C=O) groups excluding carboxylic acids is 1. The molecule has 1 fully saturated rings. The minimum absolute atomic E-state index is 0.212. The fraction of sp³-hybridized carbons (Fsp3) is 0.462. The Balaban J connectivity index is 2.56. The van der Waals surface area contributed by atoms with Crippen molar-refractivity contribution in [3.8, 4) is 0 Å². The molecule has 0 aromatic heterocycles. The Morgan fingerprint density at radius 1 is 1.12 bits per heavy atom. The van der Waals surface area contributed by atoms with Crippen LogP contribution in [-0.2, 0) is 11.0 Å². The first-order valence-corrected chi connectivity index (χ1v) is 7.19. The van der Waals surface area contributed by atoms with E-state index in [0.29, 0.717) is 19.4 Å². The Morgan fingerprint density at radius 2 is 1.68 bits per heavy atom. The largest absolute Gasteiger partial charge is 0.416 e. The van der Waals surface area contributed by atoms with Crippen LogP contribution in [-0.4, -0.2) is 28.3 Å². The molecule has 25 heavy (non-hydrogen) atoms. The molecule has 1 amide bonds. The predicted octanol–water partition coefficient (Wildman–Crippen LogP) is 2.60. The van der Waals surface area contributed by atoms with Crippen LogP contribution >= 0.6 is 0 Å². The highest BCUT2D eigenvalue weighted by Gasteiger charge is 2.38. The third-order valence-corrected chi connectivity index (χ3v) is 3.67. The summed E-state index contributed by atoms with van der Waals surface area (Å²) in [7, 11) is 0. The molecule has 1 unspecified atom stereocenters. The van der Waals surface area contributed by atoms with Crippen molar-refractivity contribution in [2.45, 2.75) is 31.5 Å². The van der Waals surface area contributed by atoms with Gasteiger partial charge in [-0.05, 0) is 19.3 Å². The summed E-state index contributed by atoms with van der Waals surface area (Å²) in [6, 6.07) is -0.593. The van der Waals surface area contributed by atoms with E-state index >= 15 is 0 Å². The zero-order valence-corrected chi connectivity index (χ0v) is 12.6. The fourth-order valence-corrected chi connectivity index (χ4v) is 2.46. The second-order valence-corrected chi connectivity index (χ2v) is 5.39. The zero-order chi connectivity index (χ0) is 18.8. The summed E-state index contributed by atoms with van der Waals surface area (Å²) in [6.07, 6.45) is -3.53. The highest BCUT2D eigenvalue weighted by Crippen LogP contribution is 2.41. The maximum Gasteiger partial charge on any atom is 0.416 e. The minimum atomic E-state index is -4.99. The van der Waals surface area contributed by atoms with Gasteiger partial charge in [0, 0.05) is 18.7 Å². The molecule has 2 N–H and O–H groups in total. The number of nitrogens with zero attached hydrogens (tertiary/aromatic N) is 2. The number of hydrogen-bond donors (Lipinski definition) is 2. The van der Waals surface area contributed by atoms with Gasteiger partial charge >= 0.3 is 6.18 Å². The summed E-state index contributed by atoms with van der Waals surface area (Å²) >= 11 is 0. The van der Waals surface area contributed by atoms with Gasteiger partial charge in [0.25, 0.3) is 11.4 Å². The van der Waals surface area contributed by atoms with Gasteiger partial charge in [-0.1, -0.05) is 0 Å². The quantitative estimate of drug-likeness (QED) is 0.626. The Bertz CT molecular complexity index is 687. The summed E-state index contributed by atoms with van der Waals surface area (Å²) in [5, 5.41) is 27.2. The molecule has 0 radical (unpaired) electrons. The maximum absolute atomic E-state index is 12.9. The van der Waals surface area contributed by atoms with E-state index in [1.165, 1.54) is 0 Å². The van der Waals surface area contributed by atoms with Crippen LogP contribution in [0.5, 0.6) is 0 Å². The highest BCUT2D eigenvalue weighted by atomic mass is 19.4. The summed E-state index contributed by atoms with van der Waals surface area (Å²) < 4.78 is 38.6. The van der Waals surface area contributed by atoms with Gasteiger partial charge < -0.3 is 10.6 Å². The lowest BCUT2D eigenvalue weighted by atomic mass is 10.1. The number of hydrogen-bond acceptors (Lipinski definition) is 6. The van der Waals surface area contributed by atoms with Crippen molar-refractivity contribution < 1.29 is 27.8 Å². The van der Waals surface area contributed by atoms with E-state index in [0.717, 1.165) is 0 Å². The molecule has 136 valence electrons. The van der Waals surface area contributed by atoms with Crippen molar-refractivity contribution >= 4 is 23.0 Å². The van der Waals surface area contributed by atoms with Crippen LogP contribution in [0.1, 0.15) is 24.8 Å². The van der Waals surface area contributed by atoms with Gasteiger partial charge in [-0.2, -0.15) is 13.2 Å². The number of nitrogens with one attached hydrogen (secondary N) is 2. The molecule has 1 saturated heterocycles. The molecule has 0 spiro atoms. The SMILES string of the molecule is O=C1NCCCCC1Nc1c([N+](=O)[O-])cc(C(F)(F)F)cc1[N+](=O)[O-]. The van der Waals surface area contributed by atoms with Gasteiger partial charge in [0.2, 0.25) is 5.91 Å². The minimum Gasteiger partial charge on any atom is -0.362 e. The Kier molecular flexibility index (Phi) is 5.09. The van der Waals surface area contributed by atoms with Gasteiger partial charge in [-0.3, -0.25) is 25.0 Å². The molecule has 1 aliphatic rings. The standard InChI is InChI=1S/C13H13F3N4O5/c14-13(15,16)7-5-9(19(22)23)11(10(6-7)20(24)25)18-8-3-1-2-4-17-12(8)21/h5-6,8,18H,1-4H2,(H,17,21). The van der Waals surface area contributed by atoms with Crippen LogP contribution in [0, 0.1) is 20.2 Å². The number of alkyl halides is 3. The van der Waals surface area contributed by atoms with Gasteiger partial charge in [0.1, 0.15) is 6.04 Å². The number of halogens is 3. The number of rotatable bonds is 4. The molecular formula is C13H13F3N4O5. The predicted molar refractivity (Wildman–Crippen MR) is 79.0 cm³/mol. The Hall–Kier alpha value is -2.92. The van der Waals surface area contributed by atoms with Crippen molar-refractivity contribution in [3.63, 3.8) is 0 Å². The van der Waals surface area contributed by atoms with Crippen LogP contribution < -0.4 is 10.6 Å². The number of anilines is 1. The number of benzene rings is 1. The van der Waals surface area contributed by atoms with Crippen molar-refractivity contribution in [3.05, 3.63) is 37.9 Å². The van der Waals surface area contributed by atoms with Crippen LogP contribution in [0.4, 0.5) is 30.2 Å². The van der Waals surface area contributed by atoms with Crippen LogP contribution in [0.25, 0.3) is 0 Å². The summed E-state index contributed by atoms with van der Waals surface area (Å²) in [6.45, 7) is 0.383. The molecule has 9 nitrogen and oxygen atoms in total. The number of nitro benzene ring substituents is 2. The van der Waals surface area contributed by atoms with Crippen molar-refractivity contribution in [2.75, 3.05) is 11.9 Å². The van der Waals surface area contributed by atoms with Gasteiger partial charge in [0.05, 0.1) is 15.4 Å². The third kappa shape index (κ3) is 4.14. The molecule has 1 atom stereocenters. The first-order chi connectivity index (χ1) is 11.6. The molecule has 1 aromatic rings. The van der Waals surface area contributed by atoms with E-state index in [-0.39, 0.29) is 18.6 Å². The summed E-state index contributed by atoms with van der Waals surface area (Å²) in [4.78, 5) is 31.9. The second-order valence-electron chi connectivity index (χ2n) is 5.39. The molecule has 0 aliphatic carbocycles. The fourth-order valence-electron chi connectivity index (χ4n) is 2.46. The Labute approximate surface area is 138 Å². The lowest BCUT2D eigenvalue weighted by Crippen LogP contribution is -2.38. The lowest BCUT2D eigenvalue weighted by molar-refractivity contribution is -0.392. The van der Waals surface area contributed by atoms with Crippen LogP contribution in [0.2, 0.25) is 0 Å². The van der Waals surface area contributed by atoms with E-state index < -0.39 is 50.6 Å². The molecule has 1 aromatic carbocycles. The summed E-state index contributed by atoms with van der Waals surface area (Å²) in [5.74, 6) is -0.527. The van der Waals surface area contributed by atoms with E-state index in [1.807, 2.05) is 0 Å². The molecule has 2 rings (SSSR count). The molecule has 0 bridgehead atoms. The molecule has 1 aliphatic heterocycles. The van der Waals surface area contributed by atoms with E-state index in [4.69, 9.17) is 0 Å². The molecular weight excluding hydrogens is 349 g/mol. The van der Waals surface area contributed by atoms with Gasteiger partial charge in [0.15, 0.2) is 5.69 Å². The van der Waals surface area contributed by atoms with Crippen molar-refractivity contribution in [2.24, 2.45) is 0 Å². The summed E-state index contributed by atoms with van der Waals surface area (Å²) in [5.41, 5.74) is -4.45. The third-order valence-electron chi connectivity index (χ3n) is 3.67. The molecule has 1 heterocycles. The Morgan fingerprint density at radius 3 is 2.16 bits per heavy atom. The first-order valence-electron chi connectivity index (χ1n) is 7.19. The lowest BCUT2D eigenvalue weighted by Gasteiger charge is -2.17. The van der Waals surface area contributed by atoms with E-state index in [2.05, 4.69) is 10.6 Å². The van der Waals surface area contributed by atoms with E-state index in [1.54, 1.807) is 0 Å². The highest BCUT2D eigenvalue weighted by molar-refractivity contribution is 5.87. The smallest absolute Gasteiger partial charge is 0.362 e. The van der Waals surface area contributed by atoms with Crippen LogP contribution in [0.15, 0.2) is 12.1 Å². The number of nitro groups is 2. The topological polar surface area (TPSA) is 127 Å². The van der Waals surface area contributed by atoms with Crippen molar-refractivity contribution in [1.82, 2.24) is 5.32 Å². The number of carbonyl (C=O) groups is 1. The molecule has 0 saturated carbocycles. The monoisotopic (exact) mass is 362 g/mol. The molecule has 12 heteroatoms. The van der Waals surface area contributed by atoms with Gasteiger partial charge in [-0.15, -0.1) is 0 Å². The average molecular weight is 362 g/mol. The van der Waals surface area contributed by atoms with Crippen molar-refractivity contribution in [1.29, 1.82) is 0 Å². The first kappa shape index (κ1) is 18.4. The van der Waals surface area contributed by atoms with Crippen LogP contribution in [0.3, 0.4) is 0 Å². The second kappa shape index (κ2) is 6.91. The maximum atomic E-state index is 12.9.